The van der Waals surface area contributed by atoms with Gasteiger partial charge in [-0.05, 0) is 25.3 Å². The smallest absolute Gasteiger partial charge is 0.123 e. The topological polar surface area (TPSA) is 41.5 Å². The first kappa shape index (κ1) is 15.0. The van der Waals surface area contributed by atoms with Crippen LogP contribution in [0.3, 0.4) is 0 Å². The molecule has 2 N–H and O–H groups in total. The predicted molar refractivity (Wildman–Crippen MR) is 74.9 cm³/mol. The molecule has 0 radical (unpaired) electrons. The van der Waals surface area contributed by atoms with Crippen molar-refractivity contribution in [3.8, 4) is 5.75 Å². The van der Waals surface area contributed by atoms with Crippen molar-refractivity contribution in [2.24, 2.45) is 5.92 Å². The van der Waals surface area contributed by atoms with E-state index in [0.717, 1.165) is 17.7 Å². The fourth-order valence-electron chi connectivity index (χ4n) is 2.18. The molecule has 1 aromatic rings. The number of aliphatic hydroxyl groups excluding tert-OH is 1. The van der Waals surface area contributed by atoms with Crippen LogP contribution in [0.2, 0.25) is 0 Å². The van der Waals surface area contributed by atoms with Crippen LogP contribution in [-0.2, 0) is 0 Å². The molecule has 0 fully saturated rings. The fraction of sp³-hybridized carbons (Fsp3) is 0.600. The van der Waals surface area contributed by atoms with Gasteiger partial charge in [0.05, 0.1) is 7.11 Å². The van der Waals surface area contributed by atoms with E-state index in [4.69, 9.17) is 9.84 Å². The van der Waals surface area contributed by atoms with Gasteiger partial charge in [-0.1, -0.05) is 32.0 Å². The van der Waals surface area contributed by atoms with Gasteiger partial charge in [-0.3, -0.25) is 0 Å². The van der Waals surface area contributed by atoms with Crippen molar-refractivity contribution in [1.29, 1.82) is 0 Å². The Morgan fingerprint density at radius 3 is 2.44 bits per heavy atom. The molecule has 3 nitrogen and oxygen atoms in total. The number of para-hydroxylation sites is 1. The zero-order valence-electron chi connectivity index (χ0n) is 11.8. The Morgan fingerprint density at radius 2 is 1.89 bits per heavy atom. The molecule has 3 heteroatoms. The lowest BCUT2D eigenvalue weighted by atomic mass is 9.98. The molecular weight excluding hydrogens is 226 g/mol. The van der Waals surface area contributed by atoms with E-state index in [1.165, 1.54) is 0 Å². The number of ether oxygens (including phenoxy) is 1. The number of rotatable bonds is 7. The molecule has 2 unspecified atom stereocenters. The maximum absolute atomic E-state index is 9.11. The summed E-state index contributed by atoms with van der Waals surface area (Å²) < 4.78 is 5.38. The van der Waals surface area contributed by atoms with E-state index in [9.17, 15) is 0 Å². The lowest BCUT2D eigenvalue weighted by molar-refractivity contribution is 0.236. The van der Waals surface area contributed by atoms with Crippen LogP contribution in [0.1, 0.15) is 38.8 Å². The average molecular weight is 251 g/mol. The summed E-state index contributed by atoms with van der Waals surface area (Å²) in [7, 11) is 1.69. The highest BCUT2D eigenvalue weighted by Gasteiger charge is 2.18. The molecule has 0 amide bonds. The Labute approximate surface area is 110 Å². The first-order valence-corrected chi connectivity index (χ1v) is 6.60. The molecule has 1 aromatic carbocycles. The van der Waals surface area contributed by atoms with Crippen LogP contribution in [0, 0.1) is 5.92 Å². The Morgan fingerprint density at radius 1 is 1.22 bits per heavy atom. The van der Waals surface area contributed by atoms with Crippen molar-refractivity contribution in [2.45, 2.75) is 39.3 Å². The molecule has 2 atom stereocenters. The Balaban J connectivity index is 2.76. The van der Waals surface area contributed by atoms with Gasteiger partial charge in [-0.25, -0.2) is 0 Å². The van der Waals surface area contributed by atoms with Crippen molar-refractivity contribution in [3.05, 3.63) is 29.8 Å². The minimum absolute atomic E-state index is 0.208. The standard InChI is InChI=1S/C15H25NO2/c1-11(2)14(9-10-17)16-12(3)13-7-5-6-8-15(13)18-4/h5-8,11-12,14,16-17H,9-10H2,1-4H3. The molecule has 102 valence electrons. The number of aliphatic hydroxyl groups is 1. The van der Waals surface area contributed by atoms with Crippen LogP contribution < -0.4 is 10.1 Å². The predicted octanol–water partition coefficient (Wildman–Crippen LogP) is 2.75. The molecule has 0 heterocycles. The van der Waals surface area contributed by atoms with E-state index in [1.54, 1.807) is 7.11 Å². The highest BCUT2D eigenvalue weighted by Crippen LogP contribution is 2.25. The first-order valence-electron chi connectivity index (χ1n) is 6.60. The van der Waals surface area contributed by atoms with Crippen LogP contribution in [-0.4, -0.2) is 24.9 Å². The van der Waals surface area contributed by atoms with Crippen molar-refractivity contribution >= 4 is 0 Å². The monoisotopic (exact) mass is 251 g/mol. The van der Waals surface area contributed by atoms with Crippen LogP contribution in [0.5, 0.6) is 5.75 Å². The summed E-state index contributed by atoms with van der Waals surface area (Å²) in [6, 6.07) is 8.57. The summed E-state index contributed by atoms with van der Waals surface area (Å²) in [6.45, 7) is 6.68. The van der Waals surface area contributed by atoms with Crippen molar-refractivity contribution in [1.82, 2.24) is 5.32 Å². The number of methoxy groups -OCH3 is 1. The maximum Gasteiger partial charge on any atom is 0.123 e. The minimum atomic E-state index is 0.208. The summed E-state index contributed by atoms with van der Waals surface area (Å²) in [4.78, 5) is 0. The number of hydrogen-bond acceptors (Lipinski definition) is 3. The van der Waals surface area contributed by atoms with Gasteiger partial charge in [-0.15, -0.1) is 0 Å². The second-order valence-electron chi connectivity index (χ2n) is 4.99. The Bertz CT molecular complexity index is 352. The van der Waals surface area contributed by atoms with E-state index in [-0.39, 0.29) is 12.6 Å². The van der Waals surface area contributed by atoms with Crippen LogP contribution in [0.4, 0.5) is 0 Å². The third kappa shape index (κ3) is 4.00. The second-order valence-corrected chi connectivity index (χ2v) is 4.99. The normalized spacial score (nSPS) is 14.6. The van der Waals surface area contributed by atoms with Gasteiger partial charge in [0.2, 0.25) is 0 Å². The van der Waals surface area contributed by atoms with Crippen molar-refractivity contribution < 1.29 is 9.84 Å². The quantitative estimate of drug-likeness (QED) is 0.783. The SMILES string of the molecule is COc1ccccc1C(C)NC(CCO)C(C)C. The van der Waals surface area contributed by atoms with E-state index in [1.807, 2.05) is 18.2 Å². The van der Waals surface area contributed by atoms with Gasteiger partial charge in [0.15, 0.2) is 0 Å². The third-order valence-electron chi connectivity index (χ3n) is 3.31. The molecule has 0 aromatic heterocycles. The van der Waals surface area contributed by atoms with Crippen molar-refractivity contribution in [3.63, 3.8) is 0 Å². The number of nitrogens with one attached hydrogen (secondary N) is 1. The van der Waals surface area contributed by atoms with Gasteiger partial charge in [-0.2, -0.15) is 0 Å². The molecule has 0 saturated heterocycles. The Kier molecular flexibility index (Phi) is 6.16. The molecular formula is C15H25NO2. The van der Waals surface area contributed by atoms with Gasteiger partial charge < -0.3 is 15.2 Å². The maximum atomic E-state index is 9.11. The molecule has 0 aliphatic carbocycles. The summed E-state index contributed by atoms with van der Waals surface area (Å²) >= 11 is 0. The first-order chi connectivity index (χ1) is 8.60. The van der Waals surface area contributed by atoms with Gasteiger partial charge in [0.1, 0.15) is 5.75 Å². The van der Waals surface area contributed by atoms with Gasteiger partial charge in [0, 0.05) is 24.3 Å². The average Bonchev–Trinajstić information content (AvgIpc) is 2.37. The second kappa shape index (κ2) is 7.39. The molecule has 1 rings (SSSR count). The highest BCUT2D eigenvalue weighted by atomic mass is 16.5. The summed E-state index contributed by atoms with van der Waals surface area (Å²) in [5.74, 6) is 1.40. The summed E-state index contributed by atoms with van der Waals surface area (Å²) in [6.07, 6.45) is 0.775. The molecule has 0 spiro atoms. The lowest BCUT2D eigenvalue weighted by Gasteiger charge is -2.27. The molecule has 0 aliphatic rings. The fourth-order valence-corrected chi connectivity index (χ4v) is 2.18. The largest absolute Gasteiger partial charge is 0.496 e. The van der Waals surface area contributed by atoms with Crippen LogP contribution >= 0.6 is 0 Å². The molecule has 0 bridgehead atoms. The van der Waals surface area contributed by atoms with Gasteiger partial charge >= 0.3 is 0 Å². The van der Waals surface area contributed by atoms with E-state index < -0.39 is 0 Å². The third-order valence-corrected chi connectivity index (χ3v) is 3.31. The van der Waals surface area contributed by atoms with Crippen LogP contribution in [0.15, 0.2) is 24.3 Å². The van der Waals surface area contributed by atoms with Gasteiger partial charge in [0.25, 0.3) is 0 Å². The zero-order valence-corrected chi connectivity index (χ0v) is 11.8. The van der Waals surface area contributed by atoms with E-state index >= 15 is 0 Å². The molecule has 0 aliphatic heterocycles. The highest BCUT2D eigenvalue weighted by molar-refractivity contribution is 5.35. The number of benzene rings is 1. The summed E-state index contributed by atoms with van der Waals surface area (Å²) in [5, 5.41) is 12.7. The van der Waals surface area contributed by atoms with Crippen molar-refractivity contribution in [2.75, 3.05) is 13.7 Å². The minimum Gasteiger partial charge on any atom is -0.496 e. The molecule has 0 saturated carbocycles. The lowest BCUT2D eigenvalue weighted by Crippen LogP contribution is -2.36. The Hall–Kier alpha value is -1.06. The number of hydrogen-bond donors (Lipinski definition) is 2. The zero-order chi connectivity index (χ0) is 13.5. The van der Waals surface area contributed by atoms with E-state index in [2.05, 4.69) is 32.2 Å². The van der Waals surface area contributed by atoms with Crippen LogP contribution in [0.25, 0.3) is 0 Å². The summed E-state index contributed by atoms with van der Waals surface area (Å²) in [5.41, 5.74) is 1.16. The van der Waals surface area contributed by atoms with E-state index in [0.29, 0.717) is 12.0 Å². The molecule has 18 heavy (non-hydrogen) atoms.